The molecular weight excluding hydrogens is 432 g/mol. The van der Waals surface area contributed by atoms with Crippen LogP contribution in [0.4, 0.5) is 10.5 Å². The van der Waals surface area contributed by atoms with Gasteiger partial charge in [0.1, 0.15) is 5.75 Å². The molecule has 176 valence electrons. The van der Waals surface area contributed by atoms with Crippen molar-refractivity contribution in [2.24, 2.45) is 0 Å². The van der Waals surface area contributed by atoms with E-state index >= 15 is 0 Å². The lowest BCUT2D eigenvalue weighted by atomic mass is 10.1. The standard InChI is InChI=1S/C27H28N2O5/c1-3-33-27(32)34-24-13-11-22(12-14-24)26(31)28-18-21-8-5-9-23(17-21)29-25(30)15-10-20-7-4-6-19(2)16-20/h4-9,11-14,16-17H,3,10,15,18H2,1-2H3,(H,28,31)(H,29,30). The molecule has 0 aliphatic heterocycles. The topological polar surface area (TPSA) is 93.7 Å². The molecule has 2 amide bonds. The van der Waals surface area contributed by atoms with Crippen molar-refractivity contribution < 1.29 is 23.9 Å². The second-order valence-corrected chi connectivity index (χ2v) is 7.73. The first kappa shape index (κ1) is 24.5. The molecule has 3 aromatic rings. The number of hydrogen-bond acceptors (Lipinski definition) is 5. The van der Waals surface area contributed by atoms with E-state index in [-0.39, 0.29) is 18.4 Å². The van der Waals surface area contributed by atoms with Crippen molar-refractivity contribution in [1.29, 1.82) is 0 Å². The van der Waals surface area contributed by atoms with Crippen LogP contribution in [-0.4, -0.2) is 24.6 Å². The number of carbonyl (C=O) groups is 3. The Bertz CT molecular complexity index is 1140. The molecule has 0 saturated carbocycles. The van der Waals surface area contributed by atoms with Crippen molar-refractivity contribution >= 4 is 23.7 Å². The molecule has 0 atom stereocenters. The van der Waals surface area contributed by atoms with Crippen molar-refractivity contribution in [3.63, 3.8) is 0 Å². The Balaban J connectivity index is 1.48. The Morgan fingerprint density at radius 1 is 0.882 bits per heavy atom. The SMILES string of the molecule is CCOC(=O)Oc1ccc(C(=O)NCc2cccc(NC(=O)CCc3cccc(C)c3)c2)cc1. The normalized spacial score (nSPS) is 10.3. The lowest BCUT2D eigenvalue weighted by molar-refractivity contribution is -0.116. The van der Waals surface area contributed by atoms with Gasteiger partial charge in [0.15, 0.2) is 0 Å². The minimum atomic E-state index is -0.790. The average Bonchev–Trinajstić information content (AvgIpc) is 2.82. The van der Waals surface area contributed by atoms with Crippen LogP contribution in [0.2, 0.25) is 0 Å². The van der Waals surface area contributed by atoms with Gasteiger partial charge in [0.25, 0.3) is 5.91 Å². The first-order valence-corrected chi connectivity index (χ1v) is 11.1. The summed E-state index contributed by atoms with van der Waals surface area (Å²) in [6, 6.07) is 21.7. The Kier molecular flexibility index (Phi) is 8.80. The summed E-state index contributed by atoms with van der Waals surface area (Å²) in [6.07, 6.45) is 0.273. The molecule has 3 aromatic carbocycles. The molecule has 0 aliphatic carbocycles. The molecule has 0 radical (unpaired) electrons. The summed E-state index contributed by atoms with van der Waals surface area (Å²) in [5.74, 6) is -0.0380. The average molecular weight is 461 g/mol. The molecular formula is C27H28N2O5. The Hall–Kier alpha value is -4.13. The molecule has 0 heterocycles. The summed E-state index contributed by atoms with van der Waals surface area (Å²) >= 11 is 0. The summed E-state index contributed by atoms with van der Waals surface area (Å²) < 4.78 is 9.70. The highest BCUT2D eigenvalue weighted by Crippen LogP contribution is 2.15. The lowest BCUT2D eigenvalue weighted by Gasteiger charge is -2.10. The van der Waals surface area contributed by atoms with E-state index in [0.717, 1.165) is 11.1 Å². The van der Waals surface area contributed by atoms with E-state index in [0.29, 0.717) is 36.4 Å². The zero-order valence-corrected chi connectivity index (χ0v) is 19.3. The van der Waals surface area contributed by atoms with Crippen molar-refractivity contribution in [2.75, 3.05) is 11.9 Å². The maximum atomic E-state index is 12.4. The molecule has 0 spiro atoms. The maximum Gasteiger partial charge on any atom is 0.513 e. The summed E-state index contributed by atoms with van der Waals surface area (Å²) in [4.78, 5) is 36.1. The van der Waals surface area contributed by atoms with Crippen molar-refractivity contribution in [3.05, 3.63) is 95.1 Å². The molecule has 7 nitrogen and oxygen atoms in total. The van der Waals surface area contributed by atoms with Crippen LogP contribution in [0, 0.1) is 6.92 Å². The fourth-order valence-corrected chi connectivity index (χ4v) is 3.31. The molecule has 7 heteroatoms. The molecule has 0 aromatic heterocycles. The molecule has 0 aliphatic rings. The van der Waals surface area contributed by atoms with Crippen molar-refractivity contribution in [1.82, 2.24) is 5.32 Å². The molecule has 0 saturated heterocycles. The molecule has 0 unspecified atom stereocenters. The van der Waals surface area contributed by atoms with E-state index in [1.165, 1.54) is 17.7 Å². The van der Waals surface area contributed by atoms with E-state index in [4.69, 9.17) is 9.47 Å². The van der Waals surface area contributed by atoms with Gasteiger partial charge in [-0.2, -0.15) is 0 Å². The second-order valence-electron chi connectivity index (χ2n) is 7.73. The van der Waals surface area contributed by atoms with E-state index < -0.39 is 6.16 Å². The van der Waals surface area contributed by atoms with Crippen LogP contribution in [0.3, 0.4) is 0 Å². The Morgan fingerprint density at radius 3 is 2.35 bits per heavy atom. The maximum absolute atomic E-state index is 12.4. The first-order chi connectivity index (χ1) is 16.4. The van der Waals surface area contributed by atoms with Gasteiger partial charge in [0, 0.05) is 24.2 Å². The molecule has 0 bridgehead atoms. The van der Waals surface area contributed by atoms with Crippen LogP contribution in [0.1, 0.15) is 40.4 Å². The molecule has 34 heavy (non-hydrogen) atoms. The minimum absolute atomic E-state index is 0.0622. The van der Waals surface area contributed by atoms with Gasteiger partial charge in [-0.25, -0.2) is 4.79 Å². The number of hydrogen-bond donors (Lipinski definition) is 2. The third-order valence-electron chi connectivity index (χ3n) is 4.97. The van der Waals surface area contributed by atoms with Gasteiger partial charge in [-0.1, -0.05) is 42.0 Å². The molecule has 3 rings (SSSR count). The van der Waals surface area contributed by atoms with Gasteiger partial charge in [-0.15, -0.1) is 0 Å². The Labute approximate surface area is 199 Å². The highest BCUT2D eigenvalue weighted by molar-refractivity contribution is 5.94. The number of benzene rings is 3. The smallest absolute Gasteiger partial charge is 0.434 e. The predicted molar refractivity (Wildman–Crippen MR) is 130 cm³/mol. The van der Waals surface area contributed by atoms with Crippen LogP contribution in [0.25, 0.3) is 0 Å². The van der Waals surface area contributed by atoms with Crippen LogP contribution in [0.15, 0.2) is 72.8 Å². The van der Waals surface area contributed by atoms with Crippen LogP contribution in [0.5, 0.6) is 5.75 Å². The largest absolute Gasteiger partial charge is 0.513 e. The first-order valence-electron chi connectivity index (χ1n) is 11.1. The van der Waals surface area contributed by atoms with E-state index in [2.05, 4.69) is 16.7 Å². The highest BCUT2D eigenvalue weighted by atomic mass is 16.7. The van der Waals surface area contributed by atoms with Crippen molar-refractivity contribution in [2.45, 2.75) is 33.2 Å². The summed E-state index contributed by atoms with van der Waals surface area (Å²) in [6.45, 7) is 4.24. The summed E-state index contributed by atoms with van der Waals surface area (Å²) in [5, 5.41) is 5.76. The number of aryl methyl sites for hydroxylation is 2. The van der Waals surface area contributed by atoms with Gasteiger partial charge in [0.2, 0.25) is 5.91 Å². The van der Waals surface area contributed by atoms with Gasteiger partial charge in [-0.3, -0.25) is 9.59 Å². The summed E-state index contributed by atoms with van der Waals surface area (Å²) in [5.41, 5.74) is 4.27. The number of ether oxygens (including phenoxy) is 2. The fraction of sp³-hybridized carbons (Fsp3) is 0.222. The monoisotopic (exact) mass is 460 g/mol. The van der Waals surface area contributed by atoms with Crippen LogP contribution >= 0.6 is 0 Å². The van der Waals surface area contributed by atoms with E-state index in [9.17, 15) is 14.4 Å². The second kappa shape index (κ2) is 12.2. The van der Waals surface area contributed by atoms with Crippen LogP contribution in [-0.2, 0) is 22.5 Å². The Morgan fingerprint density at radius 2 is 1.62 bits per heavy atom. The molecule has 2 N–H and O–H groups in total. The third-order valence-corrected chi connectivity index (χ3v) is 4.97. The number of nitrogens with one attached hydrogen (secondary N) is 2. The van der Waals surface area contributed by atoms with Gasteiger partial charge in [-0.05, 0) is 67.8 Å². The van der Waals surface area contributed by atoms with Gasteiger partial charge < -0.3 is 20.1 Å². The third kappa shape index (κ3) is 7.78. The van der Waals surface area contributed by atoms with E-state index in [1.807, 2.05) is 49.4 Å². The minimum Gasteiger partial charge on any atom is -0.434 e. The lowest BCUT2D eigenvalue weighted by Crippen LogP contribution is -2.22. The zero-order valence-electron chi connectivity index (χ0n) is 19.3. The predicted octanol–water partition coefficient (Wildman–Crippen LogP) is 5.03. The quantitative estimate of drug-likeness (QED) is 0.345. The summed E-state index contributed by atoms with van der Waals surface area (Å²) in [7, 11) is 0. The van der Waals surface area contributed by atoms with Gasteiger partial charge >= 0.3 is 6.16 Å². The van der Waals surface area contributed by atoms with Crippen molar-refractivity contribution in [3.8, 4) is 5.75 Å². The number of amides is 2. The number of carbonyl (C=O) groups excluding carboxylic acids is 3. The molecule has 0 fully saturated rings. The fourth-order valence-electron chi connectivity index (χ4n) is 3.31. The number of rotatable bonds is 9. The van der Waals surface area contributed by atoms with Gasteiger partial charge in [0.05, 0.1) is 6.61 Å². The van der Waals surface area contributed by atoms with E-state index in [1.54, 1.807) is 19.1 Å². The van der Waals surface area contributed by atoms with Crippen LogP contribution < -0.4 is 15.4 Å². The zero-order chi connectivity index (χ0) is 24.3. The highest BCUT2D eigenvalue weighted by Gasteiger charge is 2.09. The number of anilines is 1.